The minimum atomic E-state index is -4.18. The number of nitrogens with zero attached hydrogens (tertiary/aromatic N) is 1. The van der Waals surface area contributed by atoms with Gasteiger partial charge in [0.15, 0.2) is 0 Å². The van der Waals surface area contributed by atoms with Gasteiger partial charge in [0.2, 0.25) is 0 Å². The van der Waals surface area contributed by atoms with Crippen molar-refractivity contribution in [3.8, 4) is 0 Å². The van der Waals surface area contributed by atoms with Crippen LogP contribution in [0.4, 0.5) is 4.39 Å². The first kappa shape index (κ1) is 15.2. The lowest BCUT2D eigenvalue weighted by Crippen LogP contribution is -2.32. The molecule has 0 bridgehead atoms. The number of H-pyrrole nitrogens is 2. The lowest BCUT2D eigenvalue weighted by atomic mass is 10.1. The van der Waals surface area contributed by atoms with Crippen molar-refractivity contribution < 1.29 is 17.6 Å². The Kier molecular flexibility index (Phi) is 3.22. The van der Waals surface area contributed by atoms with Crippen LogP contribution in [0, 0.1) is 12.7 Å². The van der Waals surface area contributed by atoms with Crippen LogP contribution in [0.25, 0.3) is 0 Å². The second kappa shape index (κ2) is 4.88. The van der Waals surface area contributed by atoms with Gasteiger partial charge in [0.25, 0.3) is 21.5 Å². The SMILES string of the molecule is Cc1cc(F)cc2c1S(=O)(=O)N(Cc1cc(=O)[nH]c(=O)[nH]1)C2=O. The molecule has 1 aromatic heterocycles. The molecule has 1 aliphatic rings. The van der Waals surface area contributed by atoms with Gasteiger partial charge in [-0.05, 0) is 24.6 Å². The Labute approximate surface area is 128 Å². The van der Waals surface area contributed by atoms with Gasteiger partial charge in [-0.15, -0.1) is 0 Å². The predicted octanol–water partition coefficient (Wildman–Crippen LogP) is -0.145. The molecule has 0 radical (unpaired) electrons. The Morgan fingerprint density at radius 3 is 2.48 bits per heavy atom. The highest BCUT2D eigenvalue weighted by Gasteiger charge is 2.42. The van der Waals surface area contributed by atoms with E-state index < -0.39 is 39.5 Å². The van der Waals surface area contributed by atoms with Crippen molar-refractivity contribution in [2.75, 3.05) is 0 Å². The molecular formula is C13H10FN3O5S. The average molecular weight is 339 g/mol. The fourth-order valence-corrected chi connectivity index (χ4v) is 4.24. The lowest BCUT2D eigenvalue weighted by molar-refractivity contribution is 0.0863. The third kappa shape index (κ3) is 2.36. The maximum absolute atomic E-state index is 13.4. The van der Waals surface area contributed by atoms with E-state index in [1.807, 2.05) is 4.98 Å². The number of halogens is 1. The number of hydrogen-bond donors (Lipinski definition) is 2. The van der Waals surface area contributed by atoms with E-state index in [0.717, 1.165) is 18.2 Å². The molecule has 0 spiro atoms. The number of amides is 1. The summed E-state index contributed by atoms with van der Waals surface area (Å²) in [7, 11) is -4.18. The summed E-state index contributed by atoms with van der Waals surface area (Å²) in [6.07, 6.45) is 0. The number of aromatic amines is 2. The molecule has 0 saturated carbocycles. The first-order valence-electron chi connectivity index (χ1n) is 6.40. The number of carbonyl (C=O) groups is 1. The molecule has 3 rings (SSSR count). The number of benzene rings is 1. The van der Waals surface area contributed by atoms with E-state index in [1.165, 1.54) is 6.92 Å². The Morgan fingerprint density at radius 1 is 1.13 bits per heavy atom. The summed E-state index contributed by atoms with van der Waals surface area (Å²) in [6, 6.07) is 2.84. The Balaban J connectivity index is 2.12. The third-order valence-electron chi connectivity index (χ3n) is 3.37. The summed E-state index contributed by atoms with van der Waals surface area (Å²) in [5.41, 5.74) is -1.77. The van der Waals surface area contributed by atoms with Gasteiger partial charge in [0, 0.05) is 11.8 Å². The minimum absolute atomic E-state index is 0.0541. The van der Waals surface area contributed by atoms with Crippen LogP contribution in [0.1, 0.15) is 21.6 Å². The summed E-state index contributed by atoms with van der Waals surface area (Å²) < 4.78 is 39.0. The molecule has 1 aliphatic heterocycles. The number of carbonyl (C=O) groups excluding carboxylic acids is 1. The fraction of sp³-hybridized carbons (Fsp3) is 0.154. The topological polar surface area (TPSA) is 120 Å². The molecule has 2 heterocycles. The third-order valence-corrected chi connectivity index (χ3v) is 5.31. The molecule has 10 heteroatoms. The highest BCUT2D eigenvalue weighted by Crippen LogP contribution is 2.34. The number of rotatable bonds is 2. The number of aryl methyl sites for hydroxylation is 1. The maximum Gasteiger partial charge on any atom is 0.325 e. The van der Waals surface area contributed by atoms with Gasteiger partial charge in [-0.25, -0.2) is 21.9 Å². The summed E-state index contributed by atoms with van der Waals surface area (Å²) in [4.78, 5) is 38.7. The fourth-order valence-electron chi connectivity index (χ4n) is 2.50. The second-order valence-corrected chi connectivity index (χ2v) is 6.83. The molecule has 0 unspecified atom stereocenters. The van der Waals surface area contributed by atoms with Crippen LogP contribution in [0.3, 0.4) is 0 Å². The smallest absolute Gasteiger partial charge is 0.309 e. The summed E-state index contributed by atoms with van der Waals surface area (Å²) >= 11 is 0. The summed E-state index contributed by atoms with van der Waals surface area (Å²) in [5, 5.41) is 0. The maximum atomic E-state index is 13.4. The monoisotopic (exact) mass is 339 g/mol. The molecule has 0 aliphatic carbocycles. The van der Waals surface area contributed by atoms with Crippen molar-refractivity contribution >= 4 is 15.9 Å². The van der Waals surface area contributed by atoms with E-state index in [9.17, 15) is 27.2 Å². The van der Waals surface area contributed by atoms with Crippen LogP contribution in [0.15, 0.2) is 32.7 Å². The molecule has 23 heavy (non-hydrogen) atoms. The normalized spacial score (nSPS) is 15.7. The average Bonchev–Trinajstić information content (AvgIpc) is 2.58. The van der Waals surface area contributed by atoms with Gasteiger partial charge in [-0.1, -0.05) is 0 Å². The van der Waals surface area contributed by atoms with Gasteiger partial charge in [-0.3, -0.25) is 14.6 Å². The first-order chi connectivity index (χ1) is 10.7. The number of hydrogen-bond acceptors (Lipinski definition) is 5. The van der Waals surface area contributed by atoms with Crippen LogP contribution < -0.4 is 11.2 Å². The predicted molar refractivity (Wildman–Crippen MR) is 75.9 cm³/mol. The van der Waals surface area contributed by atoms with Crippen molar-refractivity contribution in [2.45, 2.75) is 18.4 Å². The second-order valence-electron chi connectivity index (χ2n) is 5.03. The molecule has 2 aromatic rings. The van der Waals surface area contributed by atoms with Crippen LogP contribution >= 0.6 is 0 Å². The molecule has 1 aromatic carbocycles. The zero-order chi connectivity index (χ0) is 16.9. The highest BCUT2D eigenvalue weighted by molar-refractivity contribution is 7.90. The molecule has 0 saturated heterocycles. The Morgan fingerprint density at radius 2 is 1.83 bits per heavy atom. The van der Waals surface area contributed by atoms with Crippen molar-refractivity contribution in [2.24, 2.45) is 0 Å². The summed E-state index contributed by atoms with van der Waals surface area (Å²) in [6.45, 7) is 0.849. The van der Waals surface area contributed by atoms with Gasteiger partial charge in [-0.2, -0.15) is 0 Å². The number of nitrogens with one attached hydrogen (secondary N) is 2. The zero-order valence-corrected chi connectivity index (χ0v) is 12.5. The van der Waals surface area contributed by atoms with Crippen LogP contribution in [-0.4, -0.2) is 28.6 Å². The van der Waals surface area contributed by atoms with Crippen molar-refractivity contribution in [1.29, 1.82) is 0 Å². The van der Waals surface area contributed by atoms with Gasteiger partial charge >= 0.3 is 5.69 Å². The van der Waals surface area contributed by atoms with Crippen molar-refractivity contribution in [3.05, 3.63) is 61.7 Å². The molecule has 8 nitrogen and oxygen atoms in total. The van der Waals surface area contributed by atoms with Gasteiger partial charge < -0.3 is 4.98 Å². The van der Waals surface area contributed by atoms with E-state index in [0.29, 0.717) is 4.31 Å². The molecular weight excluding hydrogens is 329 g/mol. The first-order valence-corrected chi connectivity index (χ1v) is 7.84. The van der Waals surface area contributed by atoms with Gasteiger partial charge in [0.05, 0.1) is 12.1 Å². The number of sulfonamides is 1. The Hall–Kier alpha value is -2.75. The lowest BCUT2D eigenvalue weighted by Gasteiger charge is -2.14. The minimum Gasteiger partial charge on any atom is -0.309 e. The van der Waals surface area contributed by atoms with E-state index in [1.54, 1.807) is 0 Å². The highest BCUT2D eigenvalue weighted by atomic mass is 32.2. The molecule has 120 valence electrons. The van der Waals surface area contributed by atoms with E-state index >= 15 is 0 Å². The van der Waals surface area contributed by atoms with Crippen molar-refractivity contribution in [3.63, 3.8) is 0 Å². The van der Waals surface area contributed by atoms with Crippen LogP contribution in [-0.2, 0) is 16.6 Å². The summed E-state index contributed by atoms with van der Waals surface area (Å²) in [5.74, 6) is -1.64. The van der Waals surface area contributed by atoms with Crippen molar-refractivity contribution in [1.82, 2.24) is 14.3 Å². The molecule has 0 atom stereocenters. The van der Waals surface area contributed by atoms with Crippen LogP contribution in [0.2, 0.25) is 0 Å². The molecule has 1 amide bonds. The van der Waals surface area contributed by atoms with E-state index in [2.05, 4.69) is 4.98 Å². The standard InChI is InChI=1S/C13H10FN3O5S/c1-6-2-7(14)3-9-11(6)23(21,22)17(12(9)19)5-8-4-10(18)16-13(20)15-8/h2-4H,5H2,1H3,(H2,15,16,18,20). The molecule has 0 fully saturated rings. The van der Waals surface area contributed by atoms with Crippen LogP contribution in [0.5, 0.6) is 0 Å². The quantitative estimate of drug-likeness (QED) is 0.789. The van der Waals surface area contributed by atoms with E-state index in [-0.39, 0.29) is 21.7 Å². The molecule has 2 N–H and O–H groups in total. The van der Waals surface area contributed by atoms with E-state index in [4.69, 9.17) is 0 Å². The Bertz CT molecular complexity index is 1030. The number of fused-ring (bicyclic) bond motifs is 1. The zero-order valence-electron chi connectivity index (χ0n) is 11.7. The number of aromatic nitrogens is 2. The largest absolute Gasteiger partial charge is 0.325 e. The van der Waals surface area contributed by atoms with Gasteiger partial charge in [0.1, 0.15) is 10.7 Å².